The van der Waals surface area contributed by atoms with Gasteiger partial charge in [-0.05, 0) is 17.5 Å². The molecule has 0 aromatic heterocycles. The quantitative estimate of drug-likeness (QED) is 0.936. The summed E-state index contributed by atoms with van der Waals surface area (Å²) in [6.07, 6.45) is 0.407. The number of benzene rings is 2. The molecule has 0 saturated carbocycles. The molecule has 0 radical (unpaired) electrons. The number of rotatable bonds is 4. The average Bonchev–Trinajstić information content (AvgIpc) is 2.94. The maximum atomic E-state index is 12.5. The van der Waals surface area contributed by atoms with Crippen LogP contribution < -0.4 is 5.32 Å². The van der Waals surface area contributed by atoms with Crippen LogP contribution in [0.1, 0.15) is 23.6 Å². The van der Waals surface area contributed by atoms with Gasteiger partial charge in [-0.1, -0.05) is 60.7 Å². The summed E-state index contributed by atoms with van der Waals surface area (Å²) in [6.45, 7) is 0. The topological polar surface area (TPSA) is 63.2 Å². The van der Waals surface area contributed by atoms with E-state index in [9.17, 15) is 13.2 Å². The van der Waals surface area contributed by atoms with Crippen molar-refractivity contribution in [2.75, 3.05) is 11.5 Å². The maximum absolute atomic E-state index is 12.5. The van der Waals surface area contributed by atoms with Crippen LogP contribution in [-0.4, -0.2) is 25.8 Å². The number of hydrogen-bond acceptors (Lipinski definition) is 3. The minimum Gasteiger partial charge on any atom is -0.345 e. The van der Waals surface area contributed by atoms with Crippen LogP contribution in [0.3, 0.4) is 0 Å². The van der Waals surface area contributed by atoms with Crippen LogP contribution in [0.4, 0.5) is 0 Å². The van der Waals surface area contributed by atoms with Gasteiger partial charge in [-0.25, -0.2) is 8.42 Å². The Balaban J connectivity index is 1.84. The summed E-state index contributed by atoms with van der Waals surface area (Å²) in [5, 5.41) is 3.03. The van der Waals surface area contributed by atoms with Gasteiger partial charge in [-0.3, -0.25) is 4.79 Å². The Kier molecular flexibility index (Phi) is 4.48. The molecule has 1 aliphatic heterocycles. The maximum Gasteiger partial charge on any atom is 0.224 e. The molecular formula is C18H19NO3S. The Morgan fingerprint density at radius 3 is 1.91 bits per heavy atom. The number of amides is 1. The Labute approximate surface area is 136 Å². The molecule has 1 N–H and O–H groups in total. The molecule has 1 aliphatic rings. The Bertz CT molecular complexity index is 733. The van der Waals surface area contributed by atoms with E-state index in [4.69, 9.17) is 0 Å². The van der Waals surface area contributed by atoms with E-state index >= 15 is 0 Å². The SMILES string of the molecule is O=C(NC(c1ccccc1)c1ccccc1)C1CCS(=O)(=O)C1. The highest BCUT2D eigenvalue weighted by Gasteiger charge is 2.34. The molecule has 5 heteroatoms. The largest absolute Gasteiger partial charge is 0.345 e. The summed E-state index contributed by atoms with van der Waals surface area (Å²) in [6, 6.07) is 19.1. The molecule has 0 bridgehead atoms. The second-order valence-corrected chi connectivity index (χ2v) is 8.09. The molecule has 120 valence electrons. The van der Waals surface area contributed by atoms with Crippen molar-refractivity contribution < 1.29 is 13.2 Å². The first-order valence-corrected chi connectivity index (χ1v) is 9.48. The Hall–Kier alpha value is -2.14. The van der Waals surface area contributed by atoms with Gasteiger partial charge in [0.05, 0.1) is 23.5 Å². The number of carbonyl (C=O) groups is 1. The number of sulfone groups is 1. The van der Waals surface area contributed by atoms with Crippen LogP contribution in [0.15, 0.2) is 60.7 Å². The molecule has 1 saturated heterocycles. The van der Waals surface area contributed by atoms with Crippen molar-refractivity contribution in [1.82, 2.24) is 5.32 Å². The molecule has 2 aromatic rings. The van der Waals surface area contributed by atoms with Gasteiger partial charge in [0.15, 0.2) is 9.84 Å². The van der Waals surface area contributed by atoms with Crippen molar-refractivity contribution >= 4 is 15.7 Å². The van der Waals surface area contributed by atoms with Gasteiger partial charge in [0.2, 0.25) is 5.91 Å². The molecule has 1 atom stereocenters. The van der Waals surface area contributed by atoms with E-state index in [0.717, 1.165) is 11.1 Å². The van der Waals surface area contributed by atoms with E-state index < -0.39 is 15.8 Å². The van der Waals surface area contributed by atoms with E-state index in [0.29, 0.717) is 6.42 Å². The fourth-order valence-electron chi connectivity index (χ4n) is 2.91. The lowest BCUT2D eigenvalue weighted by Crippen LogP contribution is -2.35. The van der Waals surface area contributed by atoms with Gasteiger partial charge in [-0.2, -0.15) is 0 Å². The lowest BCUT2D eigenvalue weighted by atomic mass is 9.97. The van der Waals surface area contributed by atoms with Crippen molar-refractivity contribution in [3.63, 3.8) is 0 Å². The van der Waals surface area contributed by atoms with Crippen LogP contribution in [0.25, 0.3) is 0 Å². The van der Waals surface area contributed by atoms with Gasteiger partial charge in [0.25, 0.3) is 0 Å². The molecular weight excluding hydrogens is 310 g/mol. The predicted octanol–water partition coefficient (Wildman–Crippen LogP) is 2.33. The fraction of sp³-hybridized carbons (Fsp3) is 0.278. The summed E-state index contributed by atoms with van der Waals surface area (Å²) < 4.78 is 23.2. The Morgan fingerprint density at radius 1 is 0.957 bits per heavy atom. The zero-order chi connectivity index (χ0) is 16.3. The molecule has 4 nitrogen and oxygen atoms in total. The Morgan fingerprint density at radius 2 is 1.48 bits per heavy atom. The number of nitrogens with one attached hydrogen (secondary N) is 1. The summed E-state index contributed by atoms with van der Waals surface area (Å²) in [5.74, 6) is -0.583. The van der Waals surface area contributed by atoms with Crippen LogP contribution in [0.2, 0.25) is 0 Å². The van der Waals surface area contributed by atoms with Crippen molar-refractivity contribution in [3.8, 4) is 0 Å². The minimum absolute atomic E-state index is 0.0465. The summed E-state index contributed by atoms with van der Waals surface area (Å²) in [5.41, 5.74) is 1.96. The van der Waals surface area contributed by atoms with E-state index in [1.165, 1.54) is 0 Å². The second kappa shape index (κ2) is 6.54. The van der Waals surface area contributed by atoms with Crippen LogP contribution in [-0.2, 0) is 14.6 Å². The standard InChI is InChI=1S/C18H19NO3S/c20-18(16-11-12-23(21,22)13-16)19-17(14-7-3-1-4-8-14)15-9-5-2-6-10-15/h1-10,16-17H,11-13H2,(H,19,20). The summed E-state index contributed by atoms with van der Waals surface area (Å²) in [7, 11) is -3.07. The van der Waals surface area contributed by atoms with Crippen molar-refractivity contribution in [2.45, 2.75) is 12.5 Å². The third kappa shape index (κ3) is 3.79. The van der Waals surface area contributed by atoms with E-state index in [2.05, 4.69) is 5.32 Å². The van der Waals surface area contributed by atoms with Gasteiger partial charge in [0, 0.05) is 0 Å². The molecule has 3 rings (SSSR count). The van der Waals surface area contributed by atoms with Crippen molar-refractivity contribution in [1.29, 1.82) is 0 Å². The zero-order valence-electron chi connectivity index (χ0n) is 12.7. The van der Waals surface area contributed by atoms with E-state index in [1.807, 2.05) is 60.7 Å². The molecule has 0 aliphatic carbocycles. The number of hydrogen-bond donors (Lipinski definition) is 1. The summed E-state index contributed by atoms with van der Waals surface area (Å²) >= 11 is 0. The van der Waals surface area contributed by atoms with Crippen LogP contribution >= 0.6 is 0 Å². The third-order valence-electron chi connectivity index (χ3n) is 4.16. The fourth-order valence-corrected chi connectivity index (χ4v) is 4.65. The molecule has 1 fully saturated rings. The van der Waals surface area contributed by atoms with Gasteiger partial charge < -0.3 is 5.32 Å². The van der Waals surface area contributed by atoms with Gasteiger partial charge >= 0.3 is 0 Å². The summed E-state index contributed by atoms with van der Waals surface area (Å²) in [4.78, 5) is 12.5. The zero-order valence-corrected chi connectivity index (χ0v) is 13.5. The smallest absolute Gasteiger partial charge is 0.224 e. The van der Waals surface area contributed by atoms with E-state index in [1.54, 1.807) is 0 Å². The molecule has 2 aromatic carbocycles. The van der Waals surface area contributed by atoms with Crippen molar-refractivity contribution in [2.24, 2.45) is 5.92 Å². The molecule has 23 heavy (non-hydrogen) atoms. The normalized spacial score (nSPS) is 19.6. The van der Waals surface area contributed by atoms with Gasteiger partial charge in [-0.15, -0.1) is 0 Å². The minimum atomic E-state index is -3.07. The van der Waals surface area contributed by atoms with E-state index in [-0.39, 0.29) is 23.5 Å². The first-order valence-electron chi connectivity index (χ1n) is 7.66. The molecule has 1 heterocycles. The molecule has 0 spiro atoms. The van der Waals surface area contributed by atoms with Crippen LogP contribution in [0.5, 0.6) is 0 Å². The third-order valence-corrected chi connectivity index (χ3v) is 5.92. The first kappa shape index (κ1) is 15.7. The van der Waals surface area contributed by atoms with Crippen LogP contribution in [0, 0.1) is 5.92 Å². The second-order valence-electron chi connectivity index (χ2n) is 5.86. The lowest BCUT2D eigenvalue weighted by molar-refractivity contribution is -0.124. The monoisotopic (exact) mass is 329 g/mol. The highest BCUT2D eigenvalue weighted by atomic mass is 32.2. The highest BCUT2D eigenvalue weighted by molar-refractivity contribution is 7.91. The van der Waals surface area contributed by atoms with Gasteiger partial charge in [0.1, 0.15) is 0 Å². The first-order chi connectivity index (χ1) is 11.1. The number of carbonyl (C=O) groups excluding carboxylic acids is 1. The highest BCUT2D eigenvalue weighted by Crippen LogP contribution is 2.24. The average molecular weight is 329 g/mol. The van der Waals surface area contributed by atoms with Crippen molar-refractivity contribution in [3.05, 3.63) is 71.8 Å². The molecule has 1 amide bonds. The lowest BCUT2D eigenvalue weighted by Gasteiger charge is -2.21. The predicted molar refractivity (Wildman–Crippen MR) is 89.6 cm³/mol. The molecule has 1 unspecified atom stereocenters.